The molecule has 1 aliphatic heterocycles. The number of ether oxygens (including phenoxy) is 1. The molecule has 2 atom stereocenters. The molecule has 4 nitrogen and oxygen atoms in total. The quantitative estimate of drug-likeness (QED) is 0.709. The van der Waals surface area contributed by atoms with Crippen LogP contribution in [0.5, 0.6) is 5.75 Å². The highest BCUT2D eigenvalue weighted by Crippen LogP contribution is 2.43. The molecule has 0 aliphatic carbocycles. The summed E-state index contributed by atoms with van der Waals surface area (Å²) in [6.45, 7) is 0.929. The van der Waals surface area contributed by atoms with Gasteiger partial charge in [0.2, 0.25) is 0 Å². The standard InChI is InChI=1S/C21H19NO3S/c23-21(24)18-12-22-20(26-18)19-16-9-5-4-8-15(16)10-11-17(19)25-13-14-6-2-1-3-7-14/h1-11,18,20,22H,12-13H2,(H,23,24)/t18-,20-/m0/s1. The summed E-state index contributed by atoms with van der Waals surface area (Å²) in [6, 6.07) is 22.2. The molecule has 1 aliphatic rings. The Labute approximate surface area is 156 Å². The SMILES string of the molecule is O=C(O)[C@@H]1CN[C@H](c2c(OCc3ccccc3)ccc3ccccc23)S1. The summed E-state index contributed by atoms with van der Waals surface area (Å²) in [7, 11) is 0. The fraction of sp³-hybridized carbons (Fsp3) is 0.190. The Bertz CT molecular complexity index is 929. The summed E-state index contributed by atoms with van der Waals surface area (Å²) in [5.41, 5.74) is 2.12. The van der Waals surface area contributed by atoms with Crippen LogP contribution < -0.4 is 10.1 Å². The van der Waals surface area contributed by atoms with Crippen molar-refractivity contribution >= 4 is 28.5 Å². The lowest BCUT2D eigenvalue weighted by atomic mass is 10.0. The molecule has 0 saturated carbocycles. The van der Waals surface area contributed by atoms with E-state index in [0.717, 1.165) is 27.6 Å². The summed E-state index contributed by atoms with van der Waals surface area (Å²) < 4.78 is 6.14. The zero-order chi connectivity index (χ0) is 17.9. The molecule has 132 valence electrons. The van der Waals surface area contributed by atoms with E-state index in [1.807, 2.05) is 54.6 Å². The van der Waals surface area contributed by atoms with Gasteiger partial charge in [0.1, 0.15) is 17.6 Å². The number of carboxylic acids is 1. The summed E-state index contributed by atoms with van der Waals surface area (Å²) in [4.78, 5) is 11.3. The second kappa shape index (κ2) is 7.40. The van der Waals surface area contributed by atoms with Crippen molar-refractivity contribution in [2.45, 2.75) is 17.2 Å². The van der Waals surface area contributed by atoms with Gasteiger partial charge in [-0.05, 0) is 22.4 Å². The number of fused-ring (bicyclic) bond motifs is 1. The van der Waals surface area contributed by atoms with Gasteiger partial charge in [-0.15, -0.1) is 11.8 Å². The van der Waals surface area contributed by atoms with Crippen molar-refractivity contribution < 1.29 is 14.6 Å². The number of aliphatic carboxylic acids is 1. The molecule has 1 saturated heterocycles. The highest BCUT2D eigenvalue weighted by molar-refractivity contribution is 8.01. The molecule has 0 bridgehead atoms. The Kier molecular flexibility index (Phi) is 4.82. The molecule has 0 radical (unpaired) electrons. The van der Waals surface area contributed by atoms with E-state index in [1.54, 1.807) is 0 Å². The number of carbonyl (C=O) groups is 1. The van der Waals surface area contributed by atoms with E-state index in [2.05, 4.69) is 17.4 Å². The normalized spacial score (nSPS) is 19.5. The van der Waals surface area contributed by atoms with Gasteiger partial charge in [-0.25, -0.2) is 0 Å². The van der Waals surface area contributed by atoms with Crippen LogP contribution in [0.2, 0.25) is 0 Å². The molecule has 1 heterocycles. The highest BCUT2D eigenvalue weighted by Gasteiger charge is 2.33. The average Bonchev–Trinajstić information content (AvgIpc) is 3.17. The highest BCUT2D eigenvalue weighted by atomic mass is 32.2. The van der Waals surface area contributed by atoms with Crippen molar-refractivity contribution in [2.24, 2.45) is 0 Å². The van der Waals surface area contributed by atoms with Crippen molar-refractivity contribution in [3.8, 4) is 5.75 Å². The first-order valence-electron chi connectivity index (χ1n) is 8.52. The molecule has 3 aromatic rings. The molecule has 5 heteroatoms. The predicted molar refractivity (Wildman–Crippen MR) is 104 cm³/mol. The van der Waals surface area contributed by atoms with Gasteiger partial charge in [-0.3, -0.25) is 10.1 Å². The van der Waals surface area contributed by atoms with Gasteiger partial charge >= 0.3 is 5.97 Å². The molecule has 0 unspecified atom stereocenters. The van der Waals surface area contributed by atoms with Gasteiger partial charge in [0.25, 0.3) is 0 Å². The smallest absolute Gasteiger partial charge is 0.318 e. The minimum Gasteiger partial charge on any atom is -0.489 e. The van der Waals surface area contributed by atoms with Gasteiger partial charge in [-0.1, -0.05) is 60.7 Å². The molecule has 26 heavy (non-hydrogen) atoms. The minimum absolute atomic E-state index is 0.104. The summed E-state index contributed by atoms with van der Waals surface area (Å²) in [5, 5.41) is 14.3. The van der Waals surface area contributed by atoms with Crippen molar-refractivity contribution in [3.63, 3.8) is 0 Å². The van der Waals surface area contributed by atoms with Gasteiger partial charge < -0.3 is 9.84 Å². The molecule has 0 aromatic heterocycles. The molecular weight excluding hydrogens is 346 g/mol. The molecule has 1 fully saturated rings. The topological polar surface area (TPSA) is 58.6 Å². The third kappa shape index (κ3) is 3.41. The molecular formula is C21H19NO3S. The fourth-order valence-electron chi connectivity index (χ4n) is 3.20. The monoisotopic (exact) mass is 365 g/mol. The first kappa shape index (κ1) is 16.9. The maximum absolute atomic E-state index is 11.3. The van der Waals surface area contributed by atoms with Crippen molar-refractivity contribution in [1.29, 1.82) is 0 Å². The van der Waals surface area contributed by atoms with Crippen LogP contribution in [-0.2, 0) is 11.4 Å². The first-order valence-corrected chi connectivity index (χ1v) is 9.46. The third-order valence-corrected chi connectivity index (χ3v) is 5.87. The van der Waals surface area contributed by atoms with Crippen LogP contribution in [0.1, 0.15) is 16.5 Å². The second-order valence-corrected chi connectivity index (χ2v) is 7.54. The van der Waals surface area contributed by atoms with E-state index < -0.39 is 11.2 Å². The van der Waals surface area contributed by atoms with Crippen molar-refractivity contribution in [2.75, 3.05) is 6.54 Å². The van der Waals surface area contributed by atoms with Crippen LogP contribution in [0.15, 0.2) is 66.7 Å². The van der Waals surface area contributed by atoms with Gasteiger partial charge in [0.15, 0.2) is 0 Å². The molecule has 0 spiro atoms. The average molecular weight is 365 g/mol. The van der Waals surface area contributed by atoms with E-state index in [9.17, 15) is 9.90 Å². The largest absolute Gasteiger partial charge is 0.489 e. The Hall–Kier alpha value is -2.50. The second-order valence-electron chi connectivity index (χ2n) is 6.22. The Balaban J connectivity index is 1.69. The van der Waals surface area contributed by atoms with Crippen molar-refractivity contribution in [3.05, 3.63) is 77.9 Å². The van der Waals surface area contributed by atoms with Crippen LogP contribution >= 0.6 is 11.8 Å². The van der Waals surface area contributed by atoms with E-state index >= 15 is 0 Å². The molecule has 2 N–H and O–H groups in total. The number of thioether (sulfide) groups is 1. The number of benzene rings is 3. The number of nitrogens with one attached hydrogen (secondary N) is 1. The lowest BCUT2D eigenvalue weighted by Gasteiger charge is -2.19. The predicted octanol–water partition coefficient (Wildman–Crippen LogP) is 4.21. The van der Waals surface area contributed by atoms with Gasteiger partial charge in [-0.2, -0.15) is 0 Å². The lowest BCUT2D eigenvalue weighted by Crippen LogP contribution is -2.21. The van der Waals surface area contributed by atoms with Gasteiger partial charge in [0, 0.05) is 12.1 Å². The molecule has 3 aromatic carbocycles. The minimum atomic E-state index is -0.781. The fourth-order valence-corrected chi connectivity index (χ4v) is 4.41. The van der Waals surface area contributed by atoms with Crippen LogP contribution in [0.25, 0.3) is 10.8 Å². The zero-order valence-corrected chi connectivity index (χ0v) is 14.9. The molecule has 4 rings (SSSR count). The Morgan fingerprint density at radius 3 is 2.62 bits per heavy atom. The maximum atomic E-state index is 11.3. The number of hydrogen-bond donors (Lipinski definition) is 2. The number of hydrogen-bond acceptors (Lipinski definition) is 4. The summed E-state index contributed by atoms with van der Waals surface area (Å²) in [5.74, 6) is 0.0144. The maximum Gasteiger partial charge on any atom is 0.318 e. The van der Waals surface area contributed by atoms with E-state index in [-0.39, 0.29) is 5.37 Å². The third-order valence-electron chi connectivity index (χ3n) is 4.49. The van der Waals surface area contributed by atoms with E-state index in [1.165, 1.54) is 11.8 Å². The van der Waals surface area contributed by atoms with Crippen LogP contribution in [0.4, 0.5) is 0 Å². The van der Waals surface area contributed by atoms with Crippen LogP contribution in [-0.4, -0.2) is 22.9 Å². The summed E-state index contributed by atoms with van der Waals surface area (Å²) in [6.07, 6.45) is 0. The first-order chi connectivity index (χ1) is 12.7. The lowest BCUT2D eigenvalue weighted by molar-refractivity contribution is -0.136. The van der Waals surface area contributed by atoms with Crippen LogP contribution in [0.3, 0.4) is 0 Å². The van der Waals surface area contributed by atoms with E-state index in [4.69, 9.17) is 4.74 Å². The zero-order valence-electron chi connectivity index (χ0n) is 14.1. The van der Waals surface area contributed by atoms with E-state index in [0.29, 0.717) is 13.2 Å². The van der Waals surface area contributed by atoms with Crippen LogP contribution in [0, 0.1) is 0 Å². The Morgan fingerprint density at radius 1 is 1.08 bits per heavy atom. The molecule has 0 amide bonds. The number of rotatable bonds is 5. The van der Waals surface area contributed by atoms with Crippen molar-refractivity contribution in [1.82, 2.24) is 5.32 Å². The van der Waals surface area contributed by atoms with Gasteiger partial charge in [0.05, 0.1) is 5.37 Å². The Morgan fingerprint density at radius 2 is 1.85 bits per heavy atom. The number of carboxylic acid groups (broad SMARTS) is 1. The summed E-state index contributed by atoms with van der Waals surface area (Å²) >= 11 is 1.43.